The molecular formula is C21H24ClSn-. The smallest absolute Gasteiger partial charge is 0 e. The minimum atomic E-state index is 0. The molecule has 0 amide bonds. The first-order valence-electron chi connectivity index (χ1n) is 7.23. The van der Waals surface area contributed by atoms with Crippen molar-refractivity contribution in [2.75, 3.05) is 0 Å². The van der Waals surface area contributed by atoms with Gasteiger partial charge in [0.1, 0.15) is 0 Å². The van der Waals surface area contributed by atoms with Gasteiger partial charge in [0.05, 0.1) is 0 Å². The van der Waals surface area contributed by atoms with Gasteiger partial charge in [-0.05, 0) is 20.8 Å². The van der Waals surface area contributed by atoms with Gasteiger partial charge in [-0.3, -0.25) is 0 Å². The molecule has 0 nitrogen and oxygen atoms in total. The van der Waals surface area contributed by atoms with Crippen LogP contribution < -0.4 is 12.4 Å². The molecule has 120 valence electrons. The summed E-state index contributed by atoms with van der Waals surface area (Å²) in [5.41, 5.74) is 3.97. The molecule has 0 spiro atoms. The summed E-state index contributed by atoms with van der Waals surface area (Å²) in [4.78, 5) is 0. The van der Waals surface area contributed by atoms with E-state index in [4.69, 9.17) is 0 Å². The van der Waals surface area contributed by atoms with Crippen molar-refractivity contribution in [1.82, 2.24) is 0 Å². The second kappa shape index (κ2) is 15.6. The molecule has 2 heteroatoms. The molecule has 3 aromatic carbocycles. The van der Waals surface area contributed by atoms with Crippen molar-refractivity contribution in [2.24, 2.45) is 0 Å². The van der Waals surface area contributed by atoms with E-state index in [0.29, 0.717) is 0 Å². The van der Waals surface area contributed by atoms with Crippen LogP contribution in [0.15, 0.2) is 91.0 Å². The van der Waals surface area contributed by atoms with Gasteiger partial charge >= 0.3 is 0 Å². The number of halogens is 1. The minimum Gasteiger partial charge on any atom is -1.00 e. The summed E-state index contributed by atoms with van der Waals surface area (Å²) in [7, 11) is 0. The Morgan fingerprint density at radius 3 is 0.652 bits per heavy atom. The molecule has 4 radical (unpaired) electrons. The van der Waals surface area contributed by atoms with E-state index in [1.807, 2.05) is 54.6 Å². The van der Waals surface area contributed by atoms with Gasteiger partial charge in [0.2, 0.25) is 0 Å². The molecule has 0 fully saturated rings. The van der Waals surface area contributed by atoms with Crippen LogP contribution in [0.5, 0.6) is 0 Å². The maximum absolute atomic E-state index is 2.08. The molecule has 0 aliphatic carbocycles. The Kier molecular flexibility index (Phi) is 16.3. The first kappa shape index (κ1) is 24.0. The zero-order valence-electron chi connectivity index (χ0n) is 14.0. The van der Waals surface area contributed by atoms with E-state index < -0.39 is 0 Å². The topological polar surface area (TPSA) is 0 Å². The predicted molar refractivity (Wildman–Crippen MR) is 99.3 cm³/mol. The van der Waals surface area contributed by atoms with E-state index in [1.165, 1.54) is 16.7 Å². The molecule has 0 aliphatic heterocycles. The number of aryl methyl sites for hydroxylation is 3. The van der Waals surface area contributed by atoms with Gasteiger partial charge in [-0.2, -0.15) is 0 Å². The molecule has 23 heavy (non-hydrogen) atoms. The van der Waals surface area contributed by atoms with Crippen molar-refractivity contribution in [1.29, 1.82) is 0 Å². The molecule has 3 rings (SSSR count). The Balaban J connectivity index is 0. The molecular weight excluding hydrogens is 406 g/mol. The number of hydrogen-bond acceptors (Lipinski definition) is 0. The molecule has 0 saturated carbocycles. The quantitative estimate of drug-likeness (QED) is 0.481. The zero-order chi connectivity index (χ0) is 15.3. The average Bonchev–Trinajstić information content (AvgIpc) is 2.51. The number of benzene rings is 3. The Hall–Kier alpha value is -1.25. The van der Waals surface area contributed by atoms with Gasteiger partial charge in [-0.15, -0.1) is 0 Å². The van der Waals surface area contributed by atoms with Crippen LogP contribution in [0, 0.1) is 20.8 Å². The SMILES string of the molecule is Cc1ccccc1.Cc1ccccc1.Cc1ccccc1.[Cl-].[Sn]. The fourth-order valence-corrected chi connectivity index (χ4v) is 1.60. The van der Waals surface area contributed by atoms with Crippen molar-refractivity contribution in [2.45, 2.75) is 20.8 Å². The van der Waals surface area contributed by atoms with Crippen LogP contribution in [0.25, 0.3) is 0 Å². The van der Waals surface area contributed by atoms with Crippen LogP contribution in [-0.2, 0) is 0 Å². The van der Waals surface area contributed by atoms with Crippen molar-refractivity contribution in [3.63, 3.8) is 0 Å². The van der Waals surface area contributed by atoms with Crippen LogP contribution in [0.4, 0.5) is 0 Å². The molecule has 0 heterocycles. The van der Waals surface area contributed by atoms with E-state index in [-0.39, 0.29) is 36.3 Å². The second-order valence-electron chi connectivity index (χ2n) is 4.96. The van der Waals surface area contributed by atoms with Crippen LogP contribution >= 0.6 is 0 Å². The van der Waals surface area contributed by atoms with Gasteiger partial charge in [0.15, 0.2) is 0 Å². The summed E-state index contributed by atoms with van der Waals surface area (Å²) in [6, 6.07) is 30.8. The van der Waals surface area contributed by atoms with Crippen LogP contribution in [-0.4, -0.2) is 23.9 Å². The molecule has 0 bridgehead atoms. The summed E-state index contributed by atoms with van der Waals surface area (Å²) in [5, 5.41) is 0. The summed E-state index contributed by atoms with van der Waals surface area (Å²) in [6.45, 7) is 6.25. The Morgan fingerprint density at radius 2 is 0.565 bits per heavy atom. The van der Waals surface area contributed by atoms with E-state index in [2.05, 4.69) is 57.2 Å². The van der Waals surface area contributed by atoms with Crippen molar-refractivity contribution >= 4 is 23.9 Å². The Bertz CT molecular complexity index is 491. The van der Waals surface area contributed by atoms with Gasteiger partial charge in [0.25, 0.3) is 0 Å². The summed E-state index contributed by atoms with van der Waals surface area (Å²) in [5.74, 6) is 0. The third kappa shape index (κ3) is 14.1. The summed E-state index contributed by atoms with van der Waals surface area (Å²) >= 11 is 0. The third-order valence-electron chi connectivity index (χ3n) is 2.82. The first-order valence-corrected chi connectivity index (χ1v) is 7.23. The van der Waals surface area contributed by atoms with E-state index >= 15 is 0 Å². The largest absolute Gasteiger partial charge is 1.00 e. The molecule has 0 atom stereocenters. The molecule has 0 saturated heterocycles. The zero-order valence-corrected chi connectivity index (χ0v) is 17.6. The van der Waals surface area contributed by atoms with Gasteiger partial charge < -0.3 is 12.4 Å². The number of rotatable bonds is 0. The molecule has 0 N–H and O–H groups in total. The van der Waals surface area contributed by atoms with Gasteiger partial charge in [-0.1, -0.05) is 108 Å². The fourth-order valence-electron chi connectivity index (χ4n) is 1.60. The van der Waals surface area contributed by atoms with Crippen molar-refractivity contribution < 1.29 is 12.4 Å². The minimum absolute atomic E-state index is 0. The maximum atomic E-state index is 2.08. The number of hydrogen-bond donors (Lipinski definition) is 0. The standard InChI is InChI=1S/3C7H8.ClH.Sn/c3*1-7-5-3-2-4-6-7;;/h3*2-6H,1H3;1H;/p-1. The molecule has 0 aliphatic rings. The van der Waals surface area contributed by atoms with E-state index in [0.717, 1.165) is 0 Å². The molecule has 0 aromatic heterocycles. The van der Waals surface area contributed by atoms with Crippen molar-refractivity contribution in [3.05, 3.63) is 108 Å². The van der Waals surface area contributed by atoms with Crippen LogP contribution in [0.3, 0.4) is 0 Å². The molecule has 0 unspecified atom stereocenters. The van der Waals surface area contributed by atoms with Gasteiger partial charge in [-0.25, -0.2) is 0 Å². The Morgan fingerprint density at radius 1 is 0.391 bits per heavy atom. The molecule has 3 aromatic rings. The van der Waals surface area contributed by atoms with Crippen LogP contribution in [0.1, 0.15) is 16.7 Å². The maximum Gasteiger partial charge on any atom is 0 e. The average molecular weight is 431 g/mol. The third-order valence-corrected chi connectivity index (χ3v) is 2.82. The summed E-state index contributed by atoms with van der Waals surface area (Å²) < 4.78 is 0. The fraction of sp³-hybridized carbons (Fsp3) is 0.143. The Labute approximate surface area is 164 Å². The van der Waals surface area contributed by atoms with E-state index in [9.17, 15) is 0 Å². The predicted octanol–water partition coefficient (Wildman–Crippen LogP) is 2.61. The normalized spacial score (nSPS) is 7.96. The van der Waals surface area contributed by atoms with Gasteiger partial charge in [0, 0.05) is 23.9 Å². The van der Waals surface area contributed by atoms with E-state index in [1.54, 1.807) is 0 Å². The summed E-state index contributed by atoms with van der Waals surface area (Å²) in [6.07, 6.45) is 0. The van der Waals surface area contributed by atoms with Crippen molar-refractivity contribution in [3.8, 4) is 0 Å². The monoisotopic (exact) mass is 431 g/mol. The second-order valence-corrected chi connectivity index (χ2v) is 4.96. The van der Waals surface area contributed by atoms with Crippen LogP contribution in [0.2, 0.25) is 0 Å². The first-order chi connectivity index (χ1) is 10.2.